The lowest BCUT2D eigenvalue weighted by atomic mass is 10.1. The number of carbonyl (C=O) groups excluding carboxylic acids is 1. The first kappa shape index (κ1) is 23.1. The van der Waals surface area contributed by atoms with Crippen LogP contribution in [0.3, 0.4) is 0 Å². The van der Waals surface area contributed by atoms with Crippen molar-refractivity contribution in [1.82, 2.24) is 0 Å². The van der Waals surface area contributed by atoms with Crippen molar-refractivity contribution < 1.29 is 24.5 Å². The van der Waals surface area contributed by atoms with Gasteiger partial charge in [-0.2, -0.15) is 0 Å². The second-order valence-electron chi connectivity index (χ2n) is 5.39. The zero-order valence-electron chi connectivity index (χ0n) is 14.7. The van der Waals surface area contributed by atoms with Crippen LogP contribution in [0.25, 0.3) is 0 Å². The molecule has 1 aromatic rings. The van der Waals surface area contributed by atoms with Crippen molar-refractivity contribution >= 4 is 17.9 Å². The Morgan fingerprint density at radius 2 is 1.73 bits per heavy atom. The van der Waals surface area contributed by atoms with Crippen LogP contribution >= 0.6 is 0 Å². The summed E-state index contributed by atoms with van der Waals surface area (Å²) in [6.07, 6.45) is 1.45. The van der Waals surface area contributed by atoms with Gasteiger partial charge in [-0.3, -0.25) is 14.6 Å². The van der Waals surface area contributed by atoms with Crippen LogP contribution in [0.2, 0.25) is 0 Å². The van der Waals surface area contributed by atoms with Crippen LogP contribution in [0.1, 0.15) is 18.4 Å². The van der Waals surface area contributed by atoms with Crippen molar-refractivity contribution in [2.45, 2.75) is 31.3 Å². The molecule has 0 aliphatic carbocycles. The number of esters is 1. The molecule has 0 fully saturated rings. The number of phenolic OH excluding ortho intramolecular Hbond substituents is 1. The number of aromatic hydroxyl groups is 1. The summed E-state index contributed by atoms with van der Waals surface area (Å²) in [6, 6.07) is 4.84. The summed E-state index contributed by atoms with van der Waals surface area (Å²) >= 11 is 0. The summed E-state index contributed by atoms with van der Waals surface area (Å²) in [5, 5.41) is 17.5. The quantitative estimate of drug-likeness (QED) is 0.142. The summed E-state index contributed by atoms with van der Waals surface area (Å²) in [4.78, 5) is 24.9. The molecule has 0 saturated carbocycles. The number of aliphatic imine (C=N–C) groups is 1. The van der Waals surface area contributed by atoms with E-state index >= 15 is 0 Å². The number of nitrogens with two attached hydrogens (primary N) is 4. The first-order chi connectivity index (χ1) is 12.2. The lowest BCUT2D eigenvalue weighted by Gasteiger charge is -2.07. The van der Waals surface area contributed by atoms with E-state index in [0.717, 1.165) is 5.56 Å². The number of aliphatic carboxylic acids is 1. The highest BCUT2D eigenvalue weighted by Crippen LogP contribution is 2.10. The first-order valence-corrected chi connectivity index (χ1v) is 7.82. The van der Waals surface area contributed by atoms with Gasteiger partial charge in [0, 0.05) is 6.54 Å². The minimum Gasteiger partial charge on any atom is -0.508 e. The number of rotatable bonds is 8. The van der Waals surface area contributed by atoms with E-state index in [1.807, 2.05) is 0 Å². The number of carbonyl (C=O) groups is 2. The van der Waals surface area contributed by atoms with Crippen LogP contribution in [0.15, 0.2) is 29.3 Å². The Labute approximate surface area is 151 Å². The van der Waals surface area contributed by atoms with Gasteiger partial charge < -0.3 is 37.9 Å². The molecule has 2 atom stereocenters. The van der Waals surface area contributed by atoms with Crippen LogP contribution in [-0.2, 0) is 20.7 Å². The molecular formula is C16H27N5O5. The molecule has 10 heteroatoms. The van der Waals surface area contributed by atoms with Crippen molar-refractivity contribution in [3.05, 3.63) is 29.8 Å². The first-order valence-electron chi connectivity index (χ1n) is 7.82. The third-order valence-electron chi connectivity index (χ3n) is 3.18. The summed E-state index contributed by atoms with van der Waals surface area (Å²) in [5.74, 6) is -1.22. The fourth-order valence-electron chi connectivity index (χ4n) is 1.76. The van der Waals surface area contributed by atoms with Gasteiger partial charge in [0.05, 0.1) is 7.11 Å². The van der Waals surface area contributed by atoms with Gasteiger partial charge >= 0.3 is 11.9 Å². The molecule has 0 spiro atoms. The topological polar surface area (TPSA) is 200 Å². The van der Waals surface area contributed by atoms with Crippen molar-refractivity contribution in [3.63, 3.8) is 0 Å². The zero-order valence-corrected chi connectivity index (χ0v) is 14.7. The van der Waals surface area contributed by atoms with Gasteiger partial charge in [-0.1, -0.05) is 12.1 Å². The van der Waals surface area contributed by atoms with E-state index in [0.29, 0.717) is 19.4 Å². The Morgan fingerprint density at radius 1 is 1.15 bits per heavy atom. The maximum Gasteiger partial charge on any atom is 0.322 e. The third kappa shape index (κ3) is 10.8. The molecule has 1 aromatic carbocycles. The predicted octanol–water partition coefficient (Wildman–Crippen LogP) is -1.11. The third-order valence-corrected chi connectivity index (χ3v) is 3.18. The molecule has 0 radical (unpaired) electrons. The number of hydrogen-bond acceptors (Lipinski definition) is 7. The van der Waals surface area contributed by atoms with Gasteiger partial charge in [0.15, 0.2) is 5.96 Å². The maximum atomic E-state index is 10.8. The number of methoxy groups -OCH3 is 1. The normalized spacial score (nSPS) is 12.1. The smallest absolute Gasteiger partial charge is 0.322 e. The monoisotopic (exact) mass is 369 g/mol. The predicted molar refractivity (Wildman–Crippen MR) is 97.3 cm³/mol. The minimum atomic E-state index is -1.02. The summed E-state index contributed by atoms with van der Waals surface area (Å²) < 4.78 is 4.44. The van der Waals surface area contributed by atoms with E-state index in [9.17, 15) is 9.59 Å². The Kier molecular flexibility index (Phi) is 11.1. The number of hydrogen-bond donors (Lipinski definition) is 6. The maximum absolute atomic E-state index is 10.8. The molecule has 0 bridgehead atoms. The van der Waals surface area contributed by atoms with Crippen molar-refractivity contribution in [2.75, 3.05) is 13.7 Å². The summed E-state index contributed by atoms with van der Waals surface area (Å²) in [5.41, 5.74) is 21.8. The minimum absolute atomic E-state index is 0.0478. The zero-order chi connectivity index (χ0) is 20.1. The number of nitrogens with zero attached hydrogens (tertiary/aromatic N) is 1. The molecule has 0 aliphatic rings. The van der Waals surface area contributed by atoms with E-state index in [2.05, 4.69) is 9.73 Å². The highest BCUT2D eigenvalue weighted by atomic mass is 16.5. The lowest BCUT2D eigenvalue weighted by Crippen LogP contribution is -2.32. The van der Waals surface area contributed by atoms with Crippen LogP contribution in [-0.4, -0.2) is 53.8 Å². The van der Waals surface area contributed by atoms with Gasteiger partial charge in [-0.25, -0.2) is 0 Å². The molecule has 0 amide bonds. The lowest BCUT2D eigenvalue weighted by molar-refractivity contribution is -0.142. The van der Waals surface area contributed by atoms with Gasteiger partial charge in [0.25, 0.3) is 0 Å². The number of guanidine groups is 1. The average Bonchev–Trinajstić information content (AvgIpc) is 2.60. The highest BCUT2D eigenvalue weighted by molar-refractivity contribution is 5.76. The second kappa shape index (κ2) is 12.5. The standard InChI is InChI=1S/C9H11NO3.C7H16N4O2/c10-8(9(12)13)5-6-1-3-7(11)4-2-6;1-13-6(12)5(8)3-2-4-11-7(9)10/h1-4,8,11H,5,10H2,(H,12,13);5H,2-4,8H2,1H3,(H4,9,10,11). The largest absolute Gasteiger partial charge is 0.508 e. The van der Waals surface area contributed by atoms with Gasteiger partial charge in [0.2, 0.25) is 0 Å². The Bertz CT molecular complexity index is 587. The fraction of sp³-hybridized carbons (Fsp3) is 0.438. The van der Waals surface area contributed by atoms with Crippen LogP contribution in [0, 0.1) is 0 Å². The number of carboxylic acids is 1. The van der Waals surface area contributed by atoms with E-state index < -0.39 is 24.0 Å². The van der Waals surface area contributed by atoms with E-state index in [4.69, 9.17) is 33.1 Å². The molecule has 10 nitrogen and oxygen atoms in total. The Balaban J connectivity index is 0.000000481. The fourth-order valence-corrected chi connectivity index (χ4v) is 1.76. The molecule has 0 aromatic heterocycles. The van der Waals surface area contributed by atoms with Crippen molar-refractivity contribution in [1.29, 1.82) is 0 Å². The van der Waals surface area contributed by atoms with E-state index in [1.165, 1.54) is 19.2 Å². The molecule has 1 rings (SSSR count). The van der Waals surface area contributed by atoms with Crippen molar-refractivity contribution in [3.8, 4) is 5.75 Å². The molecule has 26 heavy (non-hydrogen) atoms. The van der Waals surface area contributed by atoms with Gasteiger partial charge in [-0.05, 0) is 37.0 Å². The summed E-state index contributed by atoms with van der Waals surface area (Å²) in [6.45, 7) is 0.479. The van der Waals surface area contributed by atoms with Crippen LogP contribution < -0.4 is 22.9 Å². The van der Waals surface area contributed by atoms with Crippen LogP contribution in [0.4, 0.5) is 0 Å². The molecule has 0 heterocycles. The number of benzene rings is 1. The molecule has 0 saturated heterocycles. The second-order valence-corrected chi connectivity index (χ2v) is 5.39. The highest BCUT2D eigenvalue weighted by Gasteiger charge is 2.12. The number of ether oxygens (including phenoxy) is 1. The van der Waals surface area contributed by atoms with Crippen molar-refractivity contribution in [2.24, 2.45) is 27.9 Å². The number of carboxylic acid groups (broad SMARTS) is 1. The molecule has 146 valence electrons. The Morgan fingerprint density at radius 3 is 2.19 bits per heavy atom. The SMILES string of the molecule is COC(=O)C(N)CCCN=C(N)N.NC(Cc1ccc(O)cc1)C(=O)O. The van der Waals surface area contributed by atoms with Gasteiger partial charge in [-0.15, -0.1) is 0 Å². The van der Waals surface area contributed by atoms with E-state index in [-0.39, 0.29) is 18.1 Å². The summed E-state index contributed by atoms with van der Waals surface area (Å²) in [7, 11) is 1.30. The average molecular weight is 369 g/mol. The molecule has 2 unspecified atom stereocenters. The molecule has 10 N–H and O–H groups in total. The Hall–Kier alpha value is -2.85. The van der Waals surface area contributed by atoms with Gasteiger partial charge in [0.1, 0.15) is 17.8 Å². The van der Waals surface area contributed by atoms with Crippen LogP contribution in [0.5, 0.6) is 5.75 Å². The number of phenols is 1. The van der Waals surface area contributed by atoms with E-state index in [1.54, 1.807) is 12.1 Å². The molecule has 0 aliphatic heterocycles. The molecular weight excluding hydrogens is 342 g/mol.